The number of rotatable bonds is 1. The molecule has 0 rings (SSSR count). The lowest BCUT2D eigenvalue weighted by molar-refractivity contribution is -0.295. The third kappa shape index (κ3) is 4.40. The molecule has 0 aromatic carbocycles. The van der Waals surface area contributed by atoms with E-state index in [-0.39, 0.29) is 5.43 Å². The number of hydrogen-bond donors (Lipinski definition) is 2. The zero-order chi connectivity index (χ0) is 10.9. The number of carbonyl (C=O) groups is 1. The predicted octanol–water partition coefficient (Wildman–Crippen LogP) is 1.51. The van der Waals surface area contributed by atoms with Crippen molar-refractivity contribution < 1.29 is 36.2 Å². The van der Waals surface area contributed by atoms with Crippen molar-refractivity contribution in [3.05, 3.63) is 0 Å². The normalized spacial score (nSPS) is 12.8. The van der Waals surface area contributed by atoms with Crippen molar-refractivity contribution in [2.45, 2.75) is 12.6 Å². The second-order valence-corrected chi connectivity index (χ2v) is 1.70. The molecule has 4 nitrogen and oxygen atoms in total. The molecular weight excluding hydrogens is 210 g/mol. The highest BCUT2D eigenvalue weighted by Crippen LogP contribution is 2.22. The minimum Gasteiger partial charge on any atom is -0.464 e. The van der Waals surface area contributed by atoms with Gasteiger partial charge in [0, 0.05) is 0 Å². The Bertz CT molecular complexity index is 197. The van der Waals surface area contributed by atoms with Crippen molar-refractivity contribution >= 4 is 6.09 Å². The van der Waals surface area contributed by atoms with Crippen LogP contribution < -0.4 is 5.43 Å². The second-order valence-electron chi connectivity index (χ2n) is 1.70. The molecule has 0 radical (unpaired) electrons. The largest absolute Gasteiger partial charge is 0.504 e. The Morgan fingerprint density at radius 2 is 1.54 bits per heavy atom. The molecule has 0 saturated heterocycles. The smallest absolute Gasteiger partial charge is 0.464 e. The molecule has 0 bridgehead atoms. The maximum Gasteiger partial charge on any atom is 0.504 e. The van der Waals surface area contributed by atoms with Crippen LogP contribution in [-0.4, -0.2) is 28.8 Å². The summed E-state index contributed by atoms with van der Waals surface area (Å²) in [4.78, 5) is 9.67. The molecule has 0 fully saturated rings. The van der Waals surface area contributed by atoms with Crippen LogP contribution in [0.2, 0.25) is 0 Å². The van der Waals surface area contributed by atoms with Crippen molar-refractivity contribution in [1.82, 2.24) is 10.4 Å². The van der Waals surface area contributed by atoms with Crippen LogP contribution in [0.25, 0.3) is 0 Å². The minimum atomic E-state index is -5.65. The van der Waals surface area contributed by atoms with Crippen molar-refractivity contribution in [2.75, 3.05) is 0 Å². The average Bonchev–Trinajstić information content (AvgIpc) is 1.77. The Labute approximate surface area is 66.7 Å². The number of hydrazine groups is 1. The quantitative estimate of drug-likeness (QED) is 0.393. The van der Waals surface area contributed by atoms with E-state index in [4.69, 9.17) is 5.11 Å². The Balaban J connectivity index is 4.56. The number of nitrogens with one attached hydrogen (secondary N) is 1. The Morgan fingerprint density at radius 1 is 1.15 bits per heavy atom. The van der Waals surface area contributed by atoms with E-state index in [1.165, 1.54) is 0 Å². The van der Waals surface area contributed by atoms with Crippen LogP contribution in [0.15, 0.2) is 0 Å². The lowest BCUT2D eigenvalue weighted by Crippen LogP contribution is -2.56. The molecule has 0 saturated carbocycles. The first-order valence-corrected chi connectivity index (χ1v) is 2.48. The summed E-state index contributed by atoms with van der Waals surface area (Å²) >= 11 is 0. The van der Waals surface area contributed by atoms with Crippen LogP contribution in [0.1, 0.15) is 0 Å². The van der Waals surface area contributed by atoms with E-state index in [0.717, 1.165) is 0 Å². The van der Waals surface area contributed by atoms with Crippen LogP contribution in [0.3, 0.4) is 0 Å². The van der Waals surface area contributed by atoms with Gasteiger partial charge in [0.15, 0.2) is 0 Å². The van der Waals surface area contributed by atoms with Crippen LogP contribution in [0, 0.1) is 0 Å². The molecule has 78 valence electrons. The summed E-state index contributed by atoms with van der Waals surface area (Å²) in [5.74, 6) is 0. The van der Waals surface area contributed by atoms with Gasteiger partial charge in [0.1, 0.15) is 0 Å². The van der Waals surface area contributed by atoms with Crippen molar-refractivity contribution in [2.24, 2.45) is 0 Å². The number of amides is 1. The molecule has 2 N–H and O–H groups in total. The fraction of sp³-hybridized carbons (Fsp3) is 0.667. The summed E-state index contributed by atoms with van der Waals surface area (Å²) in [6.07, 6.45) is -13.9. The van der Waals surface area contributed by atoms with Gasteiger partial charge in [-0.2, -0.15) is 13.2 Å². The summed E-state index contributed by atoms with van der Waals surface area (Å²) < 4.78 is 68.3. The molecule has 0 aromatic heterocycles. The third-order valence-electron chi connectivity index (χ3n) is 0.683. The van der Waals surface area contributed by atoms with Gasteiger partial charge < -0.3 is 5.11 Å². The van der Waals surface area contributed by atoms with E-state index < -0.39 is 23.7 Å². The second kappa shape index (κ2) is 3.28. The zero-order valence-electron chi connectivity index (χ0n) is 5.57. The number of carboxylic acid groups (broad SMARTS) is 1. The Morgan fingerprint density at radius 3 is 1.62 bits per heavy atom. The van der Waals surface area contributed by atoms with Crippen LogP contribution in [0.5, 0.6) is 0 Å². The summed E-state index contributed by atoms with van der Waals surface area (Å²) in [7, 11) is 0. The molecule has 0 unspecified atom stereocenters. The highest BCUT2D eigenvalue weighted by atomic mass is 19.4. The van der Waals surface area contributed by atoms with Gasteiger partial charge in [0.25, 0.3) is 0 Å². The van der Waals surface area contributed by atoms with Gasteiger partial charge in [-0.1, -0.05) is 0 Å². The van der Waals surface area contributed by atoms with E-state index in [2.05, 4.69) is 0 Å². The van der Waals surface area contributed by atoms with Crippen molar-refractivity contribution in [3.8, 4) is 0 Å². The molecule has 0 spiro atoms. The molecule has 0 aliphatic rings. The number of halogens is 6. The van der Waals surface area contributed by atoms with E-state index in [1.54, 1.807) is 0 Å². The first-order chi connectivity index (χ1) is 5.54. The van der Waals surface area contributed by atoms with Gasteiger partial charge in [0.2, 0.25) is 0 Å². The maximum atomic E-state index is 11.5. The summed E-state index contributed by atoms with van der Waals surface area (Å²) in [5, 5.41) is 5.82. The highest BCUT2D eigenvalue weighted by molar-refractivity contribution is 5.64. The average molecular weight is 212 g/mol. The van der Waals surface area contributed by atoms with Gasteiger partial charge in [-0.05, 0) is 0 Å². The van der Waals surface area contributed by atoms with Crippen molar-refractivity contribution in [1.29, 1.82) is 0 Å². The Hall–Kier alpha value is -1.19. The molecule has 10 heteroatoms. The first kappa shape index (κ1) is 11.8. The van der Waals surface area contributed by atoms with Gasteiger partial charge in [-0.3, -0.25) is 0 Å². The van der Waals surface area contributed by atoms with E-state index >= 15 is 0 Å². The summed E-state index contributed by atoms with van der Waals surface area (Å²) in [5.41, 5.74) is -0.196. The molecule has 0 heterocycles. The topological polar surface area (TPSA) is 52.6 Å². The van der Waals surface area contributed by atoms with Crippen LogP contribution >= 0.6 is 0 Å². The number of alkyl halides is 6. The first-order valence-electron chi connectivity index (χ1n) is 2.48. The lowest BCUT2D eigenvalue weighted by Gasteiger charge is -2.23. The molecule has 1 amide bonds. The zero-order valence-corrected chi connectivity index (χ0v) is 5.57. The van der Waals surface area contributed by atoms with Crippen LogP contribution in [-0.2, 0) is 0 Å². The highest BCUT2D eigenvalue weighted by Gasteiger charge is 2.47. The molecule has 13 heavy (non-hydrogen) atoms. The molecule has 0 aliphatic heterocycles. The standard InChI is InChI=1S/C3H2F6N2O2/c4-2(5,6)10-11(1(12)13)3(7,8)9/h10H,(H,12,13). The minimum absolute atomic E-state index is 0.196. The Kier molecular flexibility index (Phi) is 2.98. The predicted molar refractivity (Wildman–Crippen MR) is 25.1 cm³/mol. The van der Waals surface area contributed by atoms with Gasteiger partial charge >= 0.3 is 18.7 Å². The fourth-order valence-electron chi connectivity index (χ4n) is 0.346. The van der Waals surface area contributed by atoms with Gasteiger partial charge in [-0.15, -0.1) is 23.6 Å². The summed E-state index contributed by atoms with van der Waals surface area (Å²) in [6, 6.07) is 0. The third-order valence-corrected chi connectivity index (χ3v) is 0.683. The van der Waals surface area contributed by atoms with E-state index in [9.17, 15) is 31.1 Å². The number of hydrogen-bond acceptors (Lipinski definition) is 2. The molecule has 0 aliphatic carbocycles. The number of nitrogens with zero attached hydrogens (tertiary/aromatic N) is 1. The van der Waals surface area contributed by atoms with Crippen molar-refractivity contribution in [3.63, 3.8) is 0 Å². The molecular formula is C3H2F6N2O2. The maximum absolute atomic E-state index is 11.5. The van der Waals surface area contributed by atoms with Gasteiger partial charge in [0.05, 0.1) is 0 Å². The molecule has 0 atom stereocenters. The van der Waals surface area contributed by atoms with Gasteiger partial charge in [-0.25, -0.2) is 4.79 Å². The fourth-order valence-corrected chi connectivity index (χ4v) is 0.346. The van der Waals surface area contributed by atoms with Crippen LogP contribution in [0.4, 0.5) is 31.1 Å². The monoisotopic (exact) mass is 212 g/mol. The SMILES string of the molecule is O=C(O)N(NC(F)(F)F)C(F)(F)F. The van der Waals surface area contributed by atoms with E-state index in [0.29, 0.717) is 0 Å². The molecule has 0 aromatic rings. The lowest BCUT2D eigenvalue weighted by atomic mass is 10.9. The van der Waals surface area contributed by atoms with E-state index in [1.807, 2.05) is 0 Å². The summed E-state index contributed by atoms with van der Waals surface area (Å²) in [6.45, 7) is 0.